The highest BCUT2D eigenvalue weighted by Crippen LogP contribution is 2.14. The number of amides is 2. The van der Waals surface area contributed by atoms with Gasteiger partial charge < -0.3 is 20.9 Å². The minimum atomic E-state index is 0.0398. The molecule has 0 spiro atoms. The average molecular weight is 277 g/mol. The molecule has 1 aromatic heterocycles. The summed E-state index contributed by atoms with van der Waals surface area (Å²) in [5.74, 6) is 0.954. The second-order valence-electron chi connectivity index (χ2n) is 4.93. The number of piperazine rings is 1. The Labute approximate surface area is 120 Å². The lowest BCUT2D eigenvalue weighted by molar-refractivity contribution is 0.194. The van der Waals surface area contributed by atoms with Crippen LogP contribution in [0.4, 0.5) is 10.6 Å². The first-order valence-electron chi connectivity index (χ1n) is 7.17. The normalized spacial score (nSPS) is 15.3. The van der Waals surface area contributed by atoms with Crippen molar-refractivity contribution in [1.29, 1.82) is 0 Å². The molecule has 1 saturated heterocycles. The van der Waals surface area contributed by atoms with Gasteiger partial charge in [-0.15, -0.1) is 0 Å². The first-order valence-corrected chi connectivity index (χ1v) is 7.17. The largest absolute Gasteiger partial charge is 0.353 e. The Kier molecular flexibility index (Phi) is 5.17. The third-order valence-corrected chi connectivity index (χ3v) is 3.46. The fourth-order valence-electron chi connectivity index (χ4n) is 2.21. The zero-order chi connectivity index (χ0) is 14.4. The predicted octanol–water partition coefficient (Wildman–Crippen LogP) is 0.782. The van der Waals surface area contributed by atoms with Gasteiger partial charge >= 0.3 is 6.03 Å². The second kappa shape index (κ2) is 7.09. The zero-order valence-electron chi connectivity index (χ0n) is 12.0. The van der Waals surface area contributed by atoms with Crippen LogP contribution in [0, 0.1) is 0 Å². The Hall–Kier alpha value is -1.82. The van der Waals surface area contributed by atoms with Crippen molar-refractivity contribution in [1.82, 2.24) is 15.2 Å². The first-order chi connectivity index (χ1) is 9.74. The van der Waals surface area contributed by atoms with E-state index in [1.165, 1.54) is 0 Å². The van der Waals surface area contributed by atoms with Crippen molar-refractivity contribution in [3.05, 3.63) is 23.9 Å². The Morgan fingerprint density at radius 2 is 2.10 bits per heavy atom. The highest BCUT2D eigenvalue weighted by molar-refractivity contribution is 5.74. The van der Waals surface area contributed by atoms with E-state index in [0.29, 0.717) is 6.54 Å². The van der Waals surface area contributed by atoms with Gasteiger partial charge in [-0.05, 0) is 18.1 Å². The van der Waals surface area contributed by atoms with Crippen LogP contribution in [0.3, 0.4) is 0 Å². The molecule has 2 amide bonds. The molecule has 0 atom stereocenters. The molecule has 1 fully saturated rings. The molecular weight excluding hydrogens is 254 g/mol. The minimum Gasteiger partial charge on any atom is -0.353 e. The predicted molar refractivity (Wildman–Crippen MR) is 79.6 cm³/mol. The molecule has 0 aromatic carbocycles. The van der Waals surface area contributed by atoms with Crippen molar-refractivity contribution < 1.29 is 4.79 Å². The summed E-state index contributed by atoms with van der Waals surface area (Å²) in [4.78, 5) is 20.3. The molecule has 1 aromatic rings. The standard InChI is InChI=1S/C14H23N5O/c1-2-5-16-14(20)19-8-6-18(7-9-19)13-4-3-12(10-15)11-17-13/h3-4,11H,2,5-10,15H2,1H3,(H,16,20). The van der Waals surface area contributed by atoms with Crippen molar-refractivity contribution in [2.24, 2.45) is 5.73 Å². The van der Waals surface area contributed by atoms with E-state index >= 15 is 0 Å². The van der Waals surface area contributed by atoms with Gasteiger partial charge in [0, 0.05) is 45.5 Å². The van der Waals surface area contributed by atoms with Crippen LogP contribution < -0.4 is 16.0 Å². The Bertz CT molecular complexity index is 426. The van der Waals surface area contributed by atoms with E-state index in [4.69, 9.17) is 5.73 Å². The van der Waals surface area contributed by atoms with Gasteiger partial charge in [-0.3, -0.25) is 0 Å². The average Bonchev–Trinajstić information content (AvgIpc) is 2.53. The molecule has 110 valence electrons. The van der Waals surface area contributed by atoms with Crippen molar-refractivity contribution in [2.45, 2.75) is 19.9 Å². The maximum atomic E-state index is 11.9. The van der Waals surface area contributed by atoms with E-state index in [1.54, 1.807) is 0 Å². The highest BCUT2D eigenvalue weighted by Gasteiger charge is 2.21. The number of aromatic nitrogens is 1. The number of urea groups is 1. The van der Waals surface area contributed by atoms with E-state index in [-0.39, 0.29) is 6.03 Å². The van der Waals surface area contributed by atoms with Crippen LogP contribution in [0.2, 0.25) is 0 Å². The lowest BCUT2D eigenvalue weighted by Crippen LogP contribution is -2.52. The Morgan fingerprint density at radius 1 is 1.35 bits per heavy atom. The van der Waals surface area contributed by atoms with E-state index in [1.807, 2.05) is 23.2 Å². The molecule has 0 saturated carbocycles. The number of nitrogens with two attached hydrogens (primary N) is 1. The molecule has 0 unspecified atom stereocenters. The second-order valence-corrected chi connectivity index (χ2v) is 4.93. The summed E-state index contributed by atoms with van der Waals surface area (Å²) in [5.41, 5.74) is 6.60. The summed E-state index contributed by atoms with van der Waals surface area (Å²) in [5, 5.41) is 2.91. The first kappa shape index (κ1) is 14.6. The quantitative estimate of drug-likeness (QED) is 0.853. The van der Waals surface area contributed by atoms with Crippen LogP contribution in [0.1, 0.15) is 18.9 Å². The Balaban J connectivity index is 1.85. The summed E-state index contributed by atoms with van der Waals surface area (Å²) in [6.45, 7) is 6.39. The third-order valence-electron chi connectivity index (χ3n) is 3.46. The van der Waals surface area contributed by atoms with Crippen LogP contribution >= 0.6 is 0 Å². The topological polar surface area (TPSA) is 74.5 Å². The number of carbonyl (C=O) groups is 1. The number of hydrogen-bond acceptors (Lipinski definition) is 4. The molecule has 0 aliphatic carbocycles. The molecule has 2 rings (SSSR count). The number of nitrogens with one attached hydrogen (secondary N) is 1. The van der Waals surface area contributed by atoms with Crippen molar-refractivity contribution in [2.75, 3.05) is 37.6 Å². The van der Waals surface area contributed by atoms with Crippen LogP contribution in [0.5, 0.6) is 0 Å². The van der Waals surface area contributed by atoms with Gasteiger partial charge in [0.2, 0.25) is 0 Å². The van der Waals surface area contributed by atoms with E-state index in [0.717, 1.165) is 50.5 Å². The maximum absolute atomic E-state index is 11.9. The fraction of sp³-hybridized carbons (Fsp3) is 0.571. The van der Waals surface area contributed by atoms with Crippen LogP contribution in [-0.2, 0) is 6.54 Å². The number of nitrogens with zero attached hydrogens (tertiary/aromatic N) is 3. The molecule has 1 aliphatic heterocycles. The molecule has 0 radical (unpaired) electrons. The number of rotatable bonds is 4. The lowest BCUT2D eigenvalue weighted by atomic mass is 10.2. The smallest absolute Gasteiger partial charge is 0.317 e. The molecule has 6 heteroatoms. The summed E-state index contributed by atoms with van der Waals surface area (Å²) >= 11 is 0. The van der Waals surface area contributed by atoms with Gasteiger partial charge in [0.25, 0.3) is 0 Å². The van der Waals surface area contributed by atoms with E-state index in [2.05, 4.69) is 22.1 Å². The molecular formula is C14H23N5O. The van der Waals surface area contributed by atoms with Gasteiger partial charge in [0.15, 0.2) is 0 Å². The number of anilines is 1. The van der Waals surface area contributed by atoms with Gasteiger partial charge in [-0.1, -0.05) is 13.0 Å². The zero-order valence-corrected chi connectivity index (χ0v) is 12.0. The lowest BCUT2D eigenvalue weighted by Gasteiger charge is -2.35. The monoisotopic (exact) mass is 277 g/mol. The summed E-state index contributed by atoms with van der Waals surface area (Å²) in [6.07, 6.45) is 2.78. The third kappa shape index (κ3) is 3.60. The van der Waals surface area contributed by atoms with Gasteiger partial charge in [-0.2, -0.15) is 0 Å². The van der Waals surface area contributed by atoms with Gasteiger partial charge in [-0.25, -0.2) is 9.78 Å². The molecule has 0 bridgehead atoms. The molecule has 20 heavy (non-hydrogen) atoms. The summed E-state index contributed by atoms with van der Waals surface area (Å²) in [7, 11) is 0. The number of pyridine rings is 1. The summed E-state index contributed by atoms with van der Waals surface area (Å²) in [6, 6.07) is 4.04. The summed E-state index contributed by atoms with van der Waals surface area (Å²) < 4.78 is 0. The Morgan fingerprint density at radius 3 is 2.65 bits per heavy atom. The molecule has 2 heterocycles. The maximum Gasteiger partial charge on any atom is 0.317 e. The van der Waals surface area contributed by atoms with Crippen molar-refractivity contribution in [3.63, 3.8) is 0 Å². The van der Waals surface area contributed by atoms with Crippen molar-refractivity contribution in [3.8, 4) is 0 Å². The number of carbonyl (C=O) groups excluding carboxylic acids is 1. The minimum absolute atomic E-state index is 0.0398. The van der Waals surface area contributed by atoms with Crippen molar-refractivity contribution >= 4 is 11.8 Å². The molecule has 6 nitrogen and oxygen atoms in total. The van der Waals surface area contributed by atoms with Crippen LogP contribution in [0.25, 0.3) is 0 Å². The molecule has 1 aliphatic rings. The van der Waals surface area contributed by atoms with Crippen LogP contribution in [-0.4, -0.2) is 48.6 Å². The SMILES string of the molecule is CCCNC(=O)N1CCN(c2ccc(CN)cn2)CC1. The van der Waals surface area contributed by atoms with Crippen LogP contribution in [0.15, 0.2) is 18.3 Å². The van der Waals surface area contributed by atoms with Gasteiger partial charge in [0.1, 0.15) is 5.82 Å². The van der Waals surface area contributed by atoms with Gasteiger partial charge in [0.05, 0.1) is 0 Å². The number of hydrogen-bond donors (Lipinski definition) is 2. The molecule has 3 N–H and O–H groups in total. The van der Waals surface area contributed by atoms with E-state index < -0.39 is 0 Å². The fourth-order valence-corrected chi connectivity index (χ4v) is 2.21. The highest BCUT2D eigenvalue weighted by atomic mass is 16.2. The van der Waals surface area contributed by atoms with E-state index in [9.17, 15) is 4.79 Å².